The van der Waals surface area contributed by atoms with Crippen molar-refractivity contribution in [2.75, 3.05) is 0 Å². The first kappa shape index (κ1) is 12.3. The summed E-state index contributed by atoms with van der Waals surface area (Å²) in [7, 11) is 0. The molecular formula is C13H23NO. The van der Waals surface area contributed by atoms with Gasteiger partial charge >= 0.3 is 0 Å². The third-order valence-electron chi connectivity index (χ3n) is 3.46. The molecule has 0 aliphatic rings. The van der Waals surface area contributed by atoms with Gasteiger partial charge in [-0.2, -0.15) is 0 Å². The minimum atomic E-state index is 0.0391. The van der Waals surface area contributed by atoms with Crippen molar-refractivity contribution >= 4 is 0 Å². The third kappa shape index (κ3) is 2.24. The molecule has 0 spiro atoms. The van der Waals surface area contributed by atoms with Gasteiger partial charge in [0, 0.05) is 11.0 Å². The Morgan fingerprint density at radius 3 is 2.07 bits per heavy atom. The van der Waals surface area contributed by atoms with Crippen LogP contribution in [0.25, 0.3) is 0 Å². The molecule has 1 heterocycles. The van der Waals surface area contributed by atoms with Gasteiger partial charge in [-0.1, -0.05) is 46.7 Å². The molecule has 0 N–H and O–H groups in total. The Morgan fingerprint density at radius 2 is 1.67 bits per heavy atom. The van der Waals surface area contributed by atoms with Crippen molar-refractivity contribution in [2.45, 2.75) is 65.2 Å². The van der Waals surface area contributed by atoms with Gasteiger partial charge in [0.15, 0.2) is 0 Å². The fraction of sp³-hybridized carbons (Fsp3) is 0.769. The summed E-state index contributed by atoms with van der Waals surface area (Å²) in [5.41, 5.74) is 1.51. The van der Waals surface area contributed by atoms with Gasteiger partial charge in [-0.3, -0.25) is 0 Å². The van der Waals surface area contributed by atoms with E-state index in [9.17, 15) is 0 Å². The number of hydrogen-bond donors (Lipinski definition) is 0. The summed E-state index contributed by atoms with van der Waals surface area (Å²) in [5, 5.41) is 3.98. The normalized spacial score (nSPS) is 13.2. The second-order valence-corrected chi connectivity index (χ2v) is 5.59. The van der Waals surface area contributed by atoms with Gasteiger partial charge in [-0.05, 0) is 18.3 Å². The molecule has 0 atom stereocenters. The SMILES string of the molecule is CCC(C)(CC)c1cnoc1C(C)(C)C. The van der Waals surface area contributed by atoms with Crippen LogP contribution in [0.5, 0.6) is 0 Å². The highest BCUT2D eigenvalue weighted by atomic mass is 16.5. The van der Waals surface area contributed by atoms with E-state index in [1.165, 1.54) is 5.56 Å². The number of nitrogens with zero attached hydrogens (tertiary/aromatic N) is 1. The van der Waals surface area contributed by atoms with E-state index in [4.69, 9.17) is 4.52 Å². The fourth-order valence-corrected chi connectivity index (χ4v) is 1.84. The van der Waals surface area contributed by atoms with Crippen LogP contribution in [-0.4, -0.2) is 5.16 Å². The van der Waals surface area contributed by atoms with E-state index in [-0.39, 0.29) is 10.8 Å². The highest BCUT2D eigenvalue weighted by Gasteiger charge is 2.33. The molecule has 0 aliphatic heterocycles. The van der Waals surface area contributed by atoms with Gasteiger partial charge in [0.05, 0.1) is 6.20 Å². The second kappa shape index (κ2) is 3.99. The first-order valence-corrected chi connectivity index (χ1v) is 5.80. The van der Waals surface area contributed by atoms with Crippen LogP contribution in [0.2, 0.25) is 0 Å². The first-order valence-electron chi connectivity index (χ1n) is 5.80. The lowest BCUT2D eigenvalue weighted by Crippen LogP contribution is -2.24. The van der Waals surface area contributed by atoms with Crippen molar-refractivity contribution in [3.8, 4) is 0 Å². The summed E-state index contributed by atoms with van der Waals surface area (Å²) in [6.07, 6.45) is 4.13. The van der Waals surface area contributed by atoms with Crippen molar-refractivity contribution in [3.63, 3.8) is 0 Å². The smallest absolute Gasteiger partial charge is 0.145 e. The van der Waals surface area contributed by atoms with Gasteiger partial charge in [0.25, 0.3) is 0 Å². The highest BCUT2D eigenvalue weighted by molar-refractivity contribution is 5.28. The molecule has 1 aromatic rings. The zero-order valence-electron chi connectivity index (χ0n) is 10.8. The van der Waals surface area contributed by atoms with Crippen molar-refractivity contribution in [1.82, 2.24) is 5.16 Å². The molecule has 0 amide bonds. The summed E-state index contributed by atoms with van der Waals surface area (Å²) in [6.45, 7) is 13.2. The second-order valence-electron chi connectivity index (χ2n) is 5.59. The van der Waals surface area contributed by atoms with E-state index >= 15 is 0 Å². The maximum atomic E-state index is 5.43. The van der Waals surface area contributed by atoms with Crippen LogP contribution in [0.1, 0.15) is 65.7 Å². The standard InChI is InChI=1S/C13H23NO/c1-7-13(6,8-2)10-9-14-15-11(10)12(3,4)5/h9H,7-8H2,1-6H3. The van der Waals surface area contributed by atoms with Gasteiger partial charge < -0.3 is 4.52 Å². The Bertz CT molecular complexity index is 316. The average Bonchev–Trinajstić information content (AvgIpc) is 2.65. The molecule has 1 rings (SSSR count). The zero-order valence-corrected chi connectivity index (χ0v) is 10.8. The largest absolute Gasteiger partial charge is 0.361 e. The molecule has 86 valence electrons. The minimum Gasteiger partial charge on any atom is -0.361 e. The van der Waals surface area contributed by atoms with Crippen LogP contribution in [0.15, 0.2) is 10.7 Å². The summed E-state index contributed by atoms with van der Waals surface area (Å²) in [4.78, 5) is 0. The predicted molar refractivity (Wildman–Crippen MR) is 63.1 cm³/mol. The monoisotopic (exact) mass is 209 g/mol. The van der Waals surface area contributed by atoms with Crippen LogP contribution in [0.3, 0.4) is 0 Å². The zero-order chi connectivity index (χ0) is 11.7. The highest BCUT2D eigenvalue weighted by Crippen LogP contribution is 2.37. The molecule has 0 bridgehead atoms. The Kier molecular flexibility index (Phi) is 3.27. The van der Waals surface area contributed by atoms with Gasteiger partial charge in [-0.25, -0.2) is 0 Å². The van der Waals surface area contributed by atoms with Crippen LogP contribution >= 0.6 is 0 Å². The molecular weight excluding hydrogens is 186 g/mol. The van der Waals surface area contributed by atoms with Crippen LogP contribution in [-0.2, 0) is 10.8 Å². The Morgan fingerprint density at radius 1 is 1.13 bits per heavy atom. The number of rotatable bonds is 3. The Labute approximate surface area is 93.0 Å². The van der Waals surface area contributed by atoms with Crippen molar-refractivity contribution < 1.29 is 4.52 Å². The van der Waals surface area contributed by atoms with Gasteiger partial charge in [0.1, 0.15) is 5.76 Å². The summed E-state index contributed by atoms with van der Waals surface area (Å²) in [5.74, 6) is 1.04. The lowest BCUT2D eigenvalue weighted by molar-refractivity contribution is 0.316. The van der Waals surface area contributed by atoms with E-state index in [0.29, 0.717) is 0 Å². The van der Waals surface area contributed by atoms with Crippen molar-refractivity contribution in [1.29, 1.82) is 0 Å². The lowest BCUT2D eigenvalue weighted by atomic mass is 9.74. The van der Waals surface area contributed by atoms with E-state index in [0.717, 1.165) is 18.6 Å². The molecule has 0 unspecified atom stereocenters. The average molecular weight is 209 g/mol. The van der Waals surface area contributed by atoms with Crippen molar-refractivity contribution in [3.05, 3.63) is 17.5 Å². The molecule has 0 saturated heterocycles. The van der Waals surface area contributed by atoms with Gasteiger partial charge in [-0.15, -0.1) is 0 Å². The number of aromatic nitrogens is 1. The van der Waals surface area contributed by atoms with Gasteiger partial charge in [0.2, 0.25) is 0 Å². The molecule has 0 fully saturated rings. The van der Waals surface area contributed by atoms with Crippen LogP contribution in [0.4, 0.5) is 0 Å². The summed E-state index contributed by atoms with van der Waals surface area (Å²) >= 11 is 0. The molecule has 1 aromatic heterocycles. The topological polar surface area (TPSA) is 26.0 Å². The molecule has 2 nitrogen and oxygen atoms in total. The van der Waals surface area contributed by atoms with E-state index in [2.05, 4.69) is 46.7 Å². The Hall–Kier alpha value is -0.790. The molecule has 15 heavy (non-hydrogen) atoms. The maximum absolute atomic E-state index is 5.43. The van der Waals surface area contributed by atoms with Crippen LogP contribution < -0.4 is 0 Å². The molecule has 0 aromatic carbocycles. The molecule has 0 radical (unpaired) electrons. The quantitative estimate of drug-likeness (QED) is 0.750. The molecule has 2 heteroatoms. The third-order valence-corrected chi connectivity index (χ3v) is 3.46. The minimum absolute atomic E-state index is 0.0391. The lowest BCUT2D eigenvalue weighted by Gasteiger charge is -2.29. The van der Waals surface area contributed by atoms with E-state index < -0.39 is 0 Å². The summed E-state index contributed by atoms with van der Waals surface area (Å²) in [6, 6.07) is 0. The van der Waals surface area contributed by atoms with E-state index in [1.807, 2.05) is 6.20 Å². The maximum Gasteiger partial charge on any atom is 0.145 e. The van der Waals surface area contributed by atoms with Crippen LogP contribution in [0, 0.1) is 0 Å². The van der Waals surface area contributed by atoms with Crippen molar-refractivity contribution in [2.24, 2.45) is 0 Å². The molecule has 0 aliphatic carbocycles. The van der Waals surface area contributed by atoms with E-state index in [1.54, 1.807) is 0 Å². The Balaban J connectivity index is 3.21. The fourth-order valence-electron chi connectivity index (χ4n) is 1.84. The first-order chi connectivity index (χ1) is 6.85. The predicted octanol–water partition coefficient (Wildman–Crippen LogP) is 4.05. The molecule has 0 saturated carbocycles. The number of hydrogen-bond acceptors (Lipinski definition) is 2. The summed E-state index contributed by atoms with van der Waals surface area (Å²) < 4.78 is 5.43.